The summed E-state index contributed by atoms with van der Waals surface area (Å²) in [6, 6.07) is 31.9. The lowest BCUT2D eigenvalue weighted by Gasteiger charge is -2.31. The number of para-hydroxylation sites is 3. The maximum atomic E-state index is 16.4. The predicted molar refractivity (Wildman–Crippen MR) is 196 cm³/mol. The van der Waals surface area contributed by atoms with Crippen LogP contribution in [0.4, 0.5) is 21.2 Å². The van der Waals surface area contributed by atoms with Gasteiger partial charge in [0.2, 0.25) is 8.41 Å². The van der Waals surface area contributed by atoms with Crippen molar-refractivity contribution >= 4 is 37.3 Å². The van der Waals surface area contributed by atoms with E-state index in [9.17, 15) is 14.7 Å². The number of carbonyl (C=O) groups excluding carboxylic acids is 2. The molecule has 1 N–H and O–H groups in total. The number of rotatable bonds is 9. The van der Waals surface area contributed by atoms with Crippen LogP contribution in [0.15, 0.2) is 109 Å². The highest BCUT2D eigenvalue weighted by molar-refractivity contribution is 6.72. The van der Waals surface area contributed by atoms with Gasteiger partial charge in [-0.25, -0.2) is 0 Å². The average Bonchev–Trinajstić information content (AvgIpc) is 3.81. The van der Waals surface area contributed by atoms with Gasteiger partial charge in [0.15, 0.2) is 12.2 Å². The number of aliphatic hydroxyl groups is 1. The van der Waals surface area contributed by atoms with Gasteiger partial charge in [-0.05, 0) is 61.0 Å². The van der Waals surface area contributed by atoms with Gasteiger partial charge in [-0.2, -0.15) is 0 Å². The minimum absolute atomic E-state index is 0.0682. The van der Waals surface area contributed by atoms with Crippen LogP contribution in [0, 0.1) is 5.92 Å². The quantitative estimate of drug-likeness (QED) is 0.132. The molecular formula is C40H40FN5O5Si. The first-order chi connectivity index (χ1) is 25.1. The molecule has 1 aromatic heterocycles. The lowest BCUT2D eigenvalue weighted by Crippen LogP contribution is -2.45. The number of fused-ring (bicyclic) bond motifs is 3. The van der Waals surface area contributed by atoms with E-state index in [4.69, 9.17) is 9.47 Å². The van der Waals surface area contributed by atoms with Crippen molar-refractivity contribution in [1.29, 1.82) is 0 Å². The van der Waals surface area contributed by atoms with Crippen molar-refractivity contribution in [2.45, 2.75) is 62.9 Å². The molecule has 2 amide bonds. The van der Waals surface area contributed by atoms with Gasteiger partial charge < -0.3 is 23.6 Å². The van der Waals surface area contributed by atoms with Crippen LogP contribution >= 0.6 is 0 Å². The number of aliphatic hydroxyl groups excluding tert-OH is 1. The molecular weight excluding hydrogens is 678 g/mol. The molecule has 4 heterocycles. The predicted octanol–water partition coefficient (Wildman–Crippen LogP) is 6.83. The third kappa shape index (κ3) is 5.71. The first-order valence-electron chi connectivity index (χ1n) is 17.6. The number of aromatic nitrogens is 3. The van der Waals surface area contributed by atoms with E-state index in [1.165, 1.54) is 0 Å². The summed E-state index contributed by atoms with van der Waals surface area (Å²) in [6.07, 6.45) is 0.637. The lowest BCUT2D eigenvalue weighted by molar-refractivity contribution is -0.146. The Morgan fingerprint density at radius 2 is 1.69 bits per heavy atom. The molecule has 266 valence electrons. The maximum absolute atomic E-state index is 16.4. The molecule has 1 saturated heterocycles. The molecule has 1 fully saturated rings. The van der Waals surface area contributed by atoms with Gasteiger partial charge in [-0.1, -0.05) is 84.9 Å². The Kier molecular flexibility index (Phi) is 8.55. The fourth-order valence-electron chi connectivity index (χ4n) is 8.40. The fourth-order valence-corrected chi connectivity index (χ4v) is 10.9. The van der Waals surface area contributed by atoms with Gasteiger partial charge >= 0.3 is 0 Å². The Bertz CT molecular complexity index is 2140. The number of amides is 2. The summed E-state index contributed by atoms with van der Waals surface area (Å²) in [5, 5.41) is 19.3. The summed E-state index contributed by atoms with van der Waals surface area (Å²) >= 11 is 0. The van der Waals surface area contributed by atoms with E-state index < -0.39 is 37.7 Å². The molecule has 1 spiro atoms. The zero-order valence-electron chi connectivity index (χ0n) is 29.2. The van der Waals surface area contributed by atoms with E-state index in [-0.39, 0.29) is 25.0 Å². The monoisotopic (exact) mass is 717 g/mol. The summed E-state index contributed by atoms with van der Waals surface area (Å²) in [4.78, 5) is 31.3. The molecule has 10 nitrogen and oxygen atoms in total. The zero-order valence-corrected chi connectivity index (χ0v) is 30.2. The SMILES string of the molecule is C[C@H]1[C@H]([Si](C)(C)F)[C@@H](CCn2cc([C@H](O)c3ccccc3)nn2)O[C@]12C(=O)N(Cc1cccc(N3C(=O)COc4ccccc43)c1)c1ccccc12. The molecule has 0 saturated carbocycles. The van der Waals surface area contributed by atoms with Crippen LogP contribution in [-0.2, 0) is 33.0 Å². The van der Waals surface area contributed by atoms with Gasteiger partial charge in [-0.3, -0.25) is 19.2 Å². The molecule has 8 rings (SSSR count). The summed E-state index contributed by atoms with van der Waals surface area (Å²) in [7, 11) is -3.38. The second kappa shape index (κ2) is 13.1. The van der Waals surface area contributed by atoms with Crippen molar-refractivity contribution in [3.05, 3.63) is 132 Å². The molecule has 52 heavy (non-hydrogen) atoms. The minimum atomic E-state index is -3.38. The number of halogens is 1. The first kappa shape index (κ1) is 33.9. The number of hydrogen-bond acceptors (Lipinski definition) is 7. The second-order valence-corrected chi connectivity index (χ2v) is 18.1. The van der Waals surface area contributed by atoms with E-state index in [2.05, 4.69) is 10.3 Å². The van der Waals surface area contributed by atoms with Crippen LogP contribution in [0.25, 0.3) is 0 Å². The number of hydrogen-bond donors (Lipinski definition) is 1. The van der Waals surface area contributed by atoms with Crippen molar-refractivity contribution in [2.75, 3.05) is 16.4 Å². The Morgan fingerprint density at radius 3 is 2.48 bits per heavy atom. The van der Waals surface area contributed by atoms with Crippen molar-refractivity contribution in [2.24, 2.45) is 5.92 Å². The molecule has 5 atom stereocenters. The molecule has 4 aromatic carbocycles. The molecule has 0 bridgehead atoms. The van der Waals surface area contributed by atoms with Crippen molar-refractivity contribution in [3.63, 3.8) is 0 Å². The Hall–Kier alpha value is -5.17. The van der Waals surface area contributed by atoms with E-state index in [0.29, 0.717) is 41.3 Å². The highest BCUT2D eigenvalue weighted by Gasteiger charge is 2.66. The Labute approximate surface area is 302 Å². The highest BCUT2D eigenvalue weighted by Crippen LogP contribution is 2.60. The largest absolute Gasteiger partial charge is 0.482 e. The summed E-state index contributed by atoms with van der Waals surface area (Å²) in [5.74, 6) is -0.222. The van der Waals surface area contributed by atoms with E-state index >= 15 is 4.11 Å². The fraction of sp³-hybridized carbons (Fsp3) is 0.300. The first-order valence-corrected chi connectivity index (χ1v) is 20.6. The molecule has 5 aromatic rings. The van der Waals surface area contributed by atoms with Crippen molar-refractivity contribution in [3.8, 4) is 5.75 Å². The number of nitrogens with zero attached hydrogens (tertiary/aromatic N) is 5. The highest BCUT2D eigenvalue weighted by atomic mass is 28.4. The van der Waals surface area contributed by atoms with Crippen LogP contribution in [0.3, 0.4) is 0 Å². The molecule has 0 radical (unpaired) electrons. The van der Waals surface area contributed by atoms with Crippen LogP contribution in [-0.4, -0.2) is 53.0 Å². The minimum Gasteiger partial charge on any atom is -0.482 e. The van der Waals surface area contributed by atoms with Crippen LogP contribution in [0.5, 0.6) is 5.75 Å². The maximum Gasteiger partial charge on any atom is 0.269 e. The molecule has 0 aliphatic carbocycles. The number of benzene rings is 4. The number of ether oxygens (including phenoxy) is 2. The van der Waals surface area contributed by atoms with Crippen molar-refractivity contribution < 1.29 is 28.3 Å². The van der Waals surface area contributed by atoms with E-state index in [1.54, 1.807) is 33.8 Å². The van der Waals surface area contributed by atoms with Gasteiger partial charge in [0.05, 0.1) is 30.2 Å². The molecule has 0 unspecified atom stereocenters. The number of carbonyl (C=O) groups is 2. The standard InChI is InChI=1S/C40H40FN5O5Si/c1-26-38(52(2,3)41)35(20-21-44-24-31(42-43-44)37(48)28-13-5-4-6-14-28)51-40(26)30-16-7-8-17-32(30)45(39(40)49)23-27-12-11-15-29(22-27)46-33-18-9-10-19-34(33)50-25-36(46)47/h4-19,22,24,26,35,37-38,48H,20-21,23,25H2,1-3H3/t26-,35+,37+,38-,40+/m0/s1. The van der Waals surface area contributed by atoms with Crippen LogP contribution in [0.2, 0.25) is 18.6 Å². The summed E-state index contributed by atoms with van der Waals surface area (Å²) in [5.41, 5.74) is 2.92. The van der Waals surface area contributed by atoms with E-state index in [1.807, 2.05) is 110 Å². The lowest BCUT2D eigenvalue weighted by atomic mass is 9.82. The van der Waals surface area contributed by atoms with Crippen molar-refractivity contribution in [1.82, 2.24) is 15.0 Å². The van der Waals surface area contributed by atoms with Gasteiger partial charge in [0, 0.05) is 29.3 Å². The van der Waals surface area contributed by atoms with Crippen LogP contribution < -0.4 is 14.5 Å². The zero-order chi connectivity index (χ0) is 36.2. The Morgan fingerprint density at radius 1 is 0.962 bits per heavy atom. The van der Waals surface area contributed by atoms with E-state index in [0.717, 1.165) is 16.8 Å². The van der Waals surface area contributed by atoms with Gasteiger partial charge in [-0.15, -0.1) is 5.10 Å². The number of aryl methyl sites for hydroxylation is 1. The molecule has 3 aliphatic heterocycles. The molecule has 12 heteroatoms. The van der Waals surface area contributed by atoms with Crippen LogP contribution in [0.1, 0.15) is 41.8 Å². The normalized spacial score (nSPS) is 23.1. The van der Waals surface area contributed by atoms with Gasteiger partial charge in [0.25, 0.3) is 11.8 Å². The average molecular weight is 718 g/mol. The third-order valence-electron chi connectivity index (χ3n) is 10.7. The van der Waals surface area contributed by atoms with Gasteiger partial charge in [0.1, 0.15) is 17.5 Å². The second-order valence-electron chi connectivity index (χ2n) is 14.3. The summed E-state index contributed by atoms with van der Waals surface area (Å²) in [6.45, 7) is 5.86. The number of anilines is 3. The molecule has 3 aliphatic rings. The third-order valence-corrected chi connectivity index (χ3v) is 13.1. The summed E-state index contributed by atoms with van der Waals surface area (Å²) < 4.78 is 30.6. The Balaban J connectivity index is 1.07. The smallest absolute Gasteiger partial charge is 0.269 e. The topological polar surface area (TPSA) is 110 Å².